The lowest BCUT2D eigenvalue weighted by atomic mass is 10.1. The first-order chi connectivity index (χ1) is 16.3. The number of nitrogens with one attached hydrogen (secondary N) is 2. The van der Waals surface area contributed by atoms with E-state index in [1.54, 1.807) is 29.2 Å². The molecule has 0 radical (unpaired) electrons. The van der Waals surface area contributed by atoms with Gasteiger partial charge in [0.1, 0.15) is 12.4 Å². The first-order valence-corrected chi connectivity index (χ1v) is 11.7. The number of carbonyl (C=O) groups is 2. The Morgan fingerprint density at radius 3 is 2.59 bits per heavy atom. The Hall–Kier alpha value is -3.22. The van der Waals surface area contributed by atoms with E-state index in [4.69, 9.17) is 27.9 Å². The smallest absolute Gasteiger partial charge is 0.243 e. The summed E-state index contributed by atoms with van der Waals surface area (Å²) in [5.74, 6) is -0.202. The van der Waals surface area contributed by atoms with E-state index in [9.17, 15) is 9.59 Å². The minimum absolute atomic E-state index is 0.0613. The van der Waals surface area contributed by atoms with Crippen LogP contribution >= 0.6 is 23.2 Å². The van der Waals surface area contributed by atoms with Crippen LogP contribution in [0.15, 0.2) is 60.7 Å². The number of rotatable bonds is 7. The molecule has 2 N–H and O–H groups in total. The monoisotopic (exact) mass is 497 g/mol. The van der Waals surface area contributed by atoms with Crippen molar-refractivity contribution < 1.29 is 14.3 Å². The summed E-state index contributed by atoms with van der Waals surface area (Å²) in [6.45, 7) is 4.66. The molecule has 1 atom stereocenters. The maximum absolute atomic E-state index is 12.8. The van der Waals surface area contributed by atoms with Crippen molar-refractivity contribution in [3.8, 4) is 5.75 Å². The fourth-order valence-electron chi connectivity index (χ4n) is 3.74. The van der Waals surface area contributed by atoms with Crippen molar-refractivity contribution in [2.45, 2.75) is 26.9 Å². The minimum Gasteiger partial charge on any atom is -0.487 e. The van der Waals surface area contributed by atoms with E-state index in [2.05, 4.69) is 10.9 Å². The highest BCUT2D eigenvalue weighted by Gasteiger charge is 2.35. The number of para-hydroxylation sites is 2. The van der Waals surface area contributed by atoms with Crippen molar-refractivity contribution in [1.82, 2.24) is 5.43 Å². The van der Waals surface area contributed by atoms with E-state index < -0.39 is 5.92 Å². The lowest BCUT2D eigenvalue weighted by molar-refractivity contribution is -0.125. The van der Waals surface area contributed by atoms with Gasteiger partial charge in [-0.15, -0.1) is 0 Å². The average Bonchev–Trinajstić information content (AvgIpc) is 3.22. The molecule has 6 nitrogen and oxygen atoms in total. The molecule has 3 aromatic carbocycles. The zero-order chi connectivity index (χ0) is 24.2. The molecule has 0 unspecified atom stereocenters. The van der Waals surface area contributed by atoms with Gasteiger partial charge >= 0.3 is 0 Å². The van der Waals surface area contributed by atoms with Crippen molar-refractivity contribution in [2.24, 2.45) is 5.92 Å². The zero-order valence-corrected chi connectivity index (χ0v) is 20.4. The molecule has 2 amide bonds. The number of aryl methyl sites for hydroxylation is 2. The molecule has 1 saturated heterocycles. The zero-order valence-electron chi connectivity index (χ0n) is 18.9. The molecule has 3 aromatic rings. The number of amides is 2. The van der Waals surface area contributed by atoms with Gasteiger partial charge in [0.25, 0.3) is 0 Å². The molecule has 0 spiro atoms. The molecule has 0 aromatic heterocycles. The highest BCUT2D eigenvalue weighted by atomic mass is 35.5. The first kappa shape index (κ1) is 23.9. The molecular formula is C26H25Cl2N3O3. The molecule has 0 saturated carbocycles. The summed E-state index contributed by atoms with van der Waals surface area (Å²) < 4.78 is 5.91. The van der Waals surface area contributed by atoms with Crippen molar-refractivity contribution >= 4 is 46.4 Å². The van der Waals surface area contributed by atoms with Gasteiger partial charge in [-0.05, 0) is 66.9 Å². The van der Waals surface area contributed by atoms with Crippen molar-refractivity contribution in [3.63, 3.8) is 0 Å². The molecule has 34 heavy (non-hydrogen) atoms. The molecule has 8 heteroatoms. The van der Waals surface area contributed by atoms with Gasteiger partial charge in [0.2, 0.25) is 11.8 Å². The normalized spacial score (nSPS) is 15.4. The van der Waals surface area contributed by atoms with Crippen LogP contribution in [0.4, 0.5) is 11.4 Å². The predicted octanol–water partition coefficient (Wildman–Crippen LogP) is 5.69. The van der Waals surface area contributed by atoms with Crippen molar-refractivity contribution in [3.05, 3.63) is 87.4 Å². The third-order valence-electron chi connectivity index (χ3n) is 5.88. The Labute approximate surface area is 208 Å². The number of nitrogens with zero attached hydrogens (tertiary/aromatic N) is 1. The van der Waals surface area contributed by atoms with E-state index >= 15 is 0 Å². The van der Waals surface area contributed by atoms with Gasteiger partial charge in [0.05, 0.1) is 21.7 Å². The molecular weight excluding hydrogens is 473 g/mol. The van der Waals surface area contributed by atoms with Gasteiger partial charge in [-0.3, -0.25) is 20.4 Å². The van der Waals surface area contributed by atoms with Gasteiger partial charge in [-0.25, -0.2) is 0 Å². The Morgan fingerprint density at radius 2 is 1.82 bits per heavy atom. The Kier molecular flexibility index (Phi) is 7.29. The summed E-state index contributed by atoms with van der Waals surface area (Å²) in [4.78, 5) is 27.0. The molecule has 0 aliphatic carbocycles. The number of hydrazine groups is 1. The topological polar surface area (TPSA) is 70.7 Å². The Morgan fingerprint density at radius 1 is 1.03 bits per heavy atom. The third kappa shape index (κ3) is 5.46. The number of hydrogen-bond acceptors (Lipinski definition) is 4. The number of halogens is 2. The van der Waals surface area contributed by atoms with Crippen LogP contribution < -0.4 is 20.5 Å². The number of benzene rings is 3. The quantitative estimate of drug-likeness (QED) is 0.411. The van der Waals surface area contributed by atoms with Crippen LogP contribution in [-0.4, -0.2) is 18.4 Å². The molecule has 0 bridgehead atoms. The summed E-state index contributed by atoms with van der Waals surface area (Å²) in [6.07, 6.45) is 0.163. The van der Waals surface area contributed by atoms with E-state index in [1.807, 2.05) is 50.2 Å². The summed E-state index contributed by atoms with van der Waals surface area (Å²) in [5, 5.41) is 0.944. The molecule has 176 valence electrons. The van der Waals surface area contributed by atoms with Crippen LogP contribution in [0, 0.1) is 19.8 Å². The van der Waals surface area contributed by atoms with E-state index in [0.717, 1.165) is 22.4 Å². The second-order valence-electron chi connectivity index (χ2n) is 8.32. The van der Waals surface area contributed by atoms with E-state index in [0.29, 0.717) is 28.0 Å². The lowest BCUT2D eigenvalue weighted by Gasteiger charge is -2.18. The number of hydrogen-bond donors (Lipinski definition) is 2. The van der Waals surface area contributed by atoms with Gasteiger partial charge in [-0.1, -0.05) is 47.5 Å². The third-order valence-corrected chi connectivity index (χ3v) is 6.62. The van der Waals surface area contributed by atoms with Gasteiger partial charge in [0.15, 0.2) is 0 Å². The van der Waals surface area contributed by atoms with Crippen molar-refractivity contribution in [1.29, 1.82) is 0 Å². The number of ether oxygens (including phenoxy) is 1. The van der Waals surface area contributed by atoms with Crippen LogP contribution in [0.1, 0.15) is 23.1 Å². The predicted molar refractivity (Wildman–Crippen MR) is 135 cm³/mol. The second kappa shape index (κ2) is 10.4. The largest absolute Gasteiger partial charge is 0.487 e. The van der Waals surface area contributed by atoms with Crippen LogP contribution in [0.2, 0.25) is 10.0 Å². The summed E-state index contributed by atoms with van der Waals surface area (Å²) in [5.41, 5.74) is 10.2. The Balaban J connectivity index is 1.36. The average molecular weight is 498 g/mol. The maximum Gasteiger partial charge on any atom is 0.243 e. The summed E-state index contributed by atoms with van der Waals surface area (Å²) >= 11 is 12.0. The maximum atomic E-state index is 12.8. The van der Waals surface area contributed by atoms with Gasteiger partial charge in [0, 0.05) is 18.7 Å². The lowest BCUT2D eigenvalue weighted by Crippen LogP contribution is -2.36. The van der Waals surface area contributed by atoms with Crippen LogP contribution in [-0.2, 0) is 16.2 Å². The molecule has 4 rings (SSSR count). The number of anilines is 2. The van der Waals surface area contributed by atoms with Gasteiger partial charge < -0.3 is 9.64 Å². The van der Waals surface area contributed by atoms with Gasteiger partial charge in [-0.2, -0.15) is 0 Å². The summed E-state index contributed by atoms with van der Waals surface area (Å²) in [6, 6.07) is 18.5. The summed E-state index contributed by atoms with van der Waals surface area (Å²) in [7, 11) is 0. The van der Waals surface area contributed by atoms with Crippen LogP contribution in [0.3, 0.4) is 0 Å². The first-order valence-electron chi connectivity index (χ1n) is 10.9. The van der Waals surface area contributed by atoms with Crippen molar-refractivity contribution in [2.75, 3.05) is 16.9 Å². The molecule has 1 fully saturated rings. The van der Waals surface area contributed by atoms with E-state index in [1.165, 1.54) is 0 Å². The highest BCUT2D eigenvalue weighted by Crippen LogP contribution is 2.28. The molecule has 1 aliphatic heterocycles. The van der Waals surface area contributed by atoms with Crippen LogP contribution in [0.5, 0.6) is 5.75 Å². The van der Waals surface area contributed by atoms with Crippen LogP contribution in [0.25, 0.3) is 0 Å². The fraction of sp³-hybridized carbons (Fsp3) is 0.231. The minimum atomic E-state index is -0.453. The highest BCUT2D eigenvalue weighted by molar-refractivity contribution is 6.42. The molecule has 1 aliphatic rings. The standard InChI is InChI=1S/C26H25Cl2N3O3/c1-16-7-9-20(11-17(16)2)31-14-19(13-25(31)32)26(33)30-29-23-5-3-4-6-24(23)34-15-18-8-10-21(27)22(28)12-18/h3-12,19,29H,13-15H2,1-2H3,(H,30,33)/t19-/m0/s1. The molecule has 1 heterocycles. The number of carbonyl (C=O) groups excluding carboxylic acids is 2. The Bertz CT molecular complexity index is 1230. The fourth-order valence-corrected chi connectivity index (χ4v) is 4.06. The second-order valence-corrected chi connectivity index (χ2v) is 9.14. The SMILES string of the molecule is Cc1ccc(N2C[C@@H](C(=O)NNc3ccccc3OCc3ccc(Cl)c(Cl)c3)CC2=O)cc1C. The van der Waals surface area contributed by atoms with E-state index in [-0.39, 0.29) is 24.8 Å².